The third kappa shape index (κ3) is 9.68. The molecule has 1 aliphatic carbocycles. The molecule has 0 unspecified atom stereocenters. The third-order valence-corrected chi connectivity index (χ3v) is 9.32. The molecular weight excluding hydrogens is 550 g/mol. The molecule has 2 amide bonds. The van der Waals surface area contributed by atoms with Gasteiger partial charge in [-0.3, -0.25) is 13.9 Å². The molecule has 4 atom stereocenters. The van der Waals surface area contributed by atoms with Gasteiger partial charge in [-0.15, -0.1) is 0 Å². The molecule has 10 heteroatoms. The first kappa shape index (κ1) is 33.3. The Balaban J connectivity index is 1.85. The SMILES string of the molecule is CC(C)CNC(=O)[C@H](C)NC[C@H](Cc1ccccc1)NC(=O)c1cc(C=C[C@H]2C[C@@H]2C)cc(N(C)S(=O)(=O)N(C)C)c1. The molecule has 0 bridgehead atoms. The van der Waals surface area contributed by atoms with E-state index in [4.69, 9.17) is 0 Å². The Hall–Kier alpha value is -3.21. The van der Waals surface area contributed by atoms with Gasteiger partial charge in [-0.1, -0.05) is 63.3 Å². The zero-order chi connectivity index (χ0) is 31.0. The predicted octanol–water partition coefficient (Wildman–Crippen LogP) is 3.69. The Morgan fingerprint density at radius 1 is 1.02 bits per heavy atom. The van der Waals surface area contributed by atoms with Gasteiger partial charge in [-0.25, -0.2) is 0 Å². The standard InChI is InChI=1S/C32H47N5O4S/c1-22(2)20-34-31(38)24(4)33-21-29(17-25-11-9-8-10-12-25)35-32(39)28-16-26(13-14-27-15-23(27)3)18-30(19-28)37(7)42(40,41)36(5)6/h8-14,16,18-19,22-24,27,29,33H,15,17,20-21H2,1-7H3,(H,34,38)(H,35,39)/t23-,24-,27-,29-/m0/s1. The molecule has 1 fully saturated rings. The second-order valence-electron chi connectivity index (χ2n) is 11.9. The number of nitrogens with one attached hydrogen (secondary N) is 3. The lowest BCUT2D eigenvalue weighted by molar-refractivity contribution is -0.122. The maximum atomic E-state index is 13.7. The number of allylic oxidation sites excluding steroid dienone is 1. The highest BCUT2D eigenvalue weighted by molar-refractivity contribution is 7.90. The van der Waals surface area contributed by atoms with Crippen LogP contribution in [0.15, 0.2) is 54.6 Å². The van der Waals surface area contributed by atoms with Crippen LogP contribution in [0.2, 0.25) is 0 Å². The van der Waals surface area contributed by atoms with Crippen LogP contribution < -0.4 is 20.3 Å². The van der Waals surface area contributed by atoms with E-state index in [0.29, 0.717) is 48.5 Å². The van der Waals surface area contributed by atoms with Crippen molar-refractivity contribution in [2.75, 3.05) is 38.5 Å². The highest BCUT2D eigenvalue weighted by atomic mass is 32.2. The number of benzene rings is 2. The number of anilines is 1. The van der Waals surface area contributed by atoms with Gasteiger partial charge >= 0.3 is 10.2 Å². The lowest BCUT2D eigenvalue weighted by Gasteiger charge is -2.25. The molecule has 0 radical (unpaired) electrons. The summed E-state index contributed by atoms with van der Waals surface area (Å²) >= 11 is 0. The molecule has 42 heavy (non-hydrogen) atoms. The average Bonchev–Trinajstić information content (AvgIpc) is 3.67. The van der Waals surface area contributed by atoms with Crippen molar-refractivity contribution in [1.82, 2.24) is 20.3 Å². The summed E-state index contributed by atoms with van der Waals surface area (Å²) < 4.78 is 28.1. The number of carbonyl (C=O) groups is 2. The Morgan fingerprint density at radius 3 is 2.29 bits per heavy atom. The van der Waals surface area contributed by atoms with Crippen LogP contribution in [-0.2, 0) is 21.4 Å². The molecule has 0 aliphatic heterocycles. The number of hydrogen-bond acceptors (Lipinski definition) is 5. The summed E-state index contributed by atoms with van der Waals surface area (Å²) in [7, 11) is 0.679. The zero-order valence-corrected chi connectivity index (χ0v) is 26.7. The predicted molar refractivity (Wildman–Crippen MR) is 170 cm³/mol. The van der Waals surface area contributed by atoms with Crippen molar-refractivity contribution in [3.63, 3.8) is 0 Å². The first-order chi connectivity index (χ1) is 19.8. The summed E-state index contributed by atoms with van der Waals surface area (Å²) in [5.74, 6) is 1.07. The van der Waals surface area contributed by atoms with Crippen molar-refractivity contribution < 1.29 is 18.0 Å². The molecule has 2 aromatic carbocycles. The molecule has 9 nitrogen and oxygen atoms in total. The maximum Gasteiger partial charge on any atom is 0.303 e. The number of nitrogens with zero attached hydrogens (tertiary/aromatic N) is 2. The normalized spacial score (nSPS) is 18.2. The van der Waals surface area contributed by atoms with E-state index in [1.54, 1.807) is 25.1 Å². The number of carbonyl (C=O) groups excluding carboxylic acids is 2. The van der Waals surface area contributed by atoms with Gasteiger partial charge in [0.05, 0.1) is 11.7 Å². The molecule has 0 heterocycles. The second-order valence-corrected chi connectivity index (χ2v) is 14.1. The summed E-state index contributed by atoms with van der Waals surface area (Å²) in [6.45, 7) is 9.05. The first-order valence-corrected chi connectivity index (χ1v) is 16.0. The number of amides is 2. The average molecular weight is 598 g/mol. The molecule has 0 saturated heterocycles. The van der Waals surface area contributed by atoms with Crippen molar-refractivity contribution in [3.8, 4) is 0 Å². The Kier molecular flexibility index (Phi) is 11.7. The fourth-order valence-corrected chi connectivity index (χ4v) is 5.35. The Morgan fingerprint density at radius 2 is 1.69 bits per heavy atom. The molecule has 2 aromatic rings. The fraction of sp³-hybridized carbons (Fsp3) is 0.500. The quantitative estimate of drug-likeness (QED) is 0.290. The van der Waals surface area contributed by atoms with Crippen LogP contribution in [0.5, 0.6) is 0 Å². The van der Waals surface area contributed by atoms with Crippen molar-refractivity contribution in [2.45, 2.75) is 52.6 Å². The molecule has 3 N–H and O–H groups in total. The van der Waals surface area contributed by atoms with Crippen LogP contribution in [0.4, 0.5) is 5.69 Å². The summed E-state index contributed by atoms with van der Waals surface area (Å²) in [4.78, 5) is 26.2. The van der Waals surface area contributed by atoms with Gasteiger partial charge in [0, 0.05) is 45.8 Å². The van der Waals surface area contributed by atoms with Crippen LogP contribution in [0, 0.1) is 17.8 Å². The van der Waals surface area contributed by atoms with Gasteiger partial charge in [0.25, 0.3) is 5.91 Å². The van der Waals surface area contributed by atoms with E-state index in [0.717, 1.165) is 21.9 Å². The van der Waals surface area contributed by atoms with Gasteiger partial charge in [0.2, 0.25) is 5.91 Å². The van der Waals surface area contributed by atoms with Gasteiger partial charge in [0.1, 0.15) is 0 Å². The van der Waals surface area contributed by atoms with Crippen molar-refractivity contribution in [1.29, 1.82) is 0 Å². The van der Waals surface area contributed by atoms with E-state index >= 15 is 0 Å². The zero-order valence-electron chi connectivity index (χ0n) is 25.9. The van der Waals surface area contributed by atoms with Crippen LogP contribution in [0.3, 0.4) is 0 Å². The molecular formula is C32H47N5O4S. The molecule has 1 aliphatic rings. The summed E-state index contributed by atoms with van der Waals surface area (Å²) in [5, 5.41) is 9.34. The number of rotatable bonds is 15. The Labute approximate surface area is 251 Å². The maximum absolute atomic E-state index is 13.7. The van der Waals surface area contributed by atoms with E-state index in [-0.39, 0.29) is 17.9 Å². The van der Waals surface area contributed by atoms with Gasteiger partial charge in [0.15, 0.2) is 0 Å². The van der Waals surface area contributed by atoms with Gasteiger partial charge in [-0.05, 0) is 66.8 Å². The van der Waals surface area contributed by atoms with E-state index in [2.05, 4.69) is 29.0 Å². The number of hydrogen-bond donors (Lipinski definition) is 3. The van der Waals surface area contributed by atoms with Crippen LogP contribution in [-0.4, -0.2) is 70.9 Å². The minimum atomic E-state index is -3.75. The van der Waals surface area contributed by atoms with Gasteiger partial charge in [-0.2, -0.15) is 12.7 Å². The third-order valence-electron chi connectivity index (χ3n) is 7.49. The molecule has 3 rings (SSSR count). The molecule has 0 aromatic heterocycles. The monoisotopic (exact) mass is 597 g/mol. The molecule has 1 saturated carbocycles. The topological polar surface area (TPSA) is 111 Å². The van der Waals surface area contributed by atoms with E-state index in [9.17, 15) is 18.0 Å². The minimum Gasteiger partial charge on any atom is -0.354 e. The second kappa shape index (κ2) is 14.8. The lowest BCUT2D eigenvalue weighted by Crippen LogP contribution is -2.50. The van der Waals surface area contributed by atoms with Crippen molar-refractivity contribution >= 4 is 33.8 Å². The highest BCUT2D eigenvalue weighted by Gasteiger charge is 2.29. The molecule has 0 spiro atoms. The Bertz CT molecular complexity index is 1340. The first-order valence-electron chi connectivity index (χ1n) is 14.6. The van der Waals surface area contributed by atoms with Gasteiger partial charge < -0.3 is 16.0 Å². The van der Waals surface area contributed by atoms with Crippen LogP contribution in [0.1, 0.15) is 55.6 Å². The summed E-state index contributed by atoms with van der Waals surface area (Å²) in [6, 6.07) is 14.3. The smallest absolute Gasteiger partial charge is 0.303 e. The largest absolute Gasteiger partial charge is 0.354 e. The van der Waals surface area contributed by atoms with Crippen molar-refractivity contribution in [3.05, 3.63) is 71.3 Å². The van der Waals surface area contributed by atoms with E-state index in [1.807, 2.05) is 50.3 Å². The lowest BCUT2D eigenvalue weighted by atomic mass is 10.0. The van der Waals surface area contributed by atoms with E-state index < -0.39 is 16.3 Å². The minimum absolute atomic E-state index is 0.0901. The van der Waals surface area contributed by atoms with Crippen LogP contribution >= 0.6 is 0 Å². The summed E-state index contributed by atoms with van der Waals surface area (Å²) in [6.07, 6.45) is 5.77. The van der Waals surface area contributed by atoms with Crippen molar-refractivity contribution in [2.24, 2.45) is 17.8 Å². The summed E-state index contributed by atoms with van der Waals surface area (Å²) in [5.41, 5.74) is 2.56. The van der Waals surface area contributed by atoms with Crippen LogP contribution in [0.25, 0.3) is 6.08 Å². The highest BCUT2D eigenvalue weighted by Crippen LogP contribution is 2.39. The fourth-order valence-electron chi connectivity index (χ4n) is 4.49. The van der Waals surface area contributed by atoms with E-state index in [1.165, 1.54) is 25.4 Å². The molecule has 230 valence electrons.